The zero-order valence-corrected chi connectivity index (χ0v) is 24.6. The van der Waals surface area contributed by atoms with E-state index in [0.717, 1.165) is 37.1 Å². The molecule has 2 heterocycles. The Labute approximate surface area is 254 Å². The SMILES string of the molecule is C[C@@H]1CN(c2cc(F)c(-c3cc(F)c(C(=O)NCC4CC4)c(F)c3)cc2NC(=O)c2c[nH]c(=O)cc2C(F)(F)F)C[C@H](C)N1C. The zero-order chi connectivity index (χ0) is 32.8. The summed E-state index contributed by atoms with van der Waals surface area (Å²) in [6, 6.07) is 3.88. The molecule has 0 unspecified atom stereocenters. The Morgan fingerprint density at radius 2 is 1.56 bits per heavy atom. The number of nitrogens with zero attached hydrogens (tertiary/aromatic N) is 2. The van der Waals surface area contributed by atoms with Gasteiger partial charge in [0.1, 0.15) is 23.0 Å². The number of benzene rings is 2. The van der Waals surface area contributed by atoms with Gasteiger partial charge in [0, 0.05) is 49.5 Å². The number of halogens is 6. The van der Waals surface area contributed by atoms with Crippen molar-refractivity contribution in [3.05, 3.63) is 81.0 Å². The van der Waals surface area contributed by atoms with Crippen molar-refractivity contribution >= 4 is 23.2 Å². The van der Waals surface area contributed by atoms with Gasteiger partial charge in [-0.25, -0.2) is 13.2 Å². The van der Waals surface area contributed by atoms with Crippen LogP contribution in [0.25, 0.3) is 11.1 Å². The van der Waals surface area contributed by atoms with Gasteiger partial charge in [-0.05, 0) is 69.5 Å². The third-order valence-electron chi connectivity index (χ3n) is 8.34. The third-order valence-corrected chi connectivity index (χ3v) is 8.34. The first-order chi connectivity index (χ1) is 21.1. The number of hydrogen-bond donors (Lipinski definition) is 3. The second kappa shape index (κ2) is 12.2. The van der Waals surface area contributed by atoms with E-state index < -0.39 is 57.7 Å². The normalized spacial score (nSPS) is 19.0. The summed E-state index contributed by atoms with van der Waals surface area (Å²) in [5.74, 6) is -5.35. The molecule has 0 radical (unpaired) electrons. The van der Waals surface area contributed by atoms with Crippen LogP contribution in [0.5, 0.6) is 0 Å². The van der Waals surface area contributed by atoms with E-state index in [2.05, 4.69) is 20.5 Å². The second-order valence-electron chi connectivity index (χ2n) is 11.7. The van der Waals surface area contributed by atoms with Crippen molar-refractivity contribution in [2.24, 2.45) is 5.92 Å². The van der Waals surface area contributed by atoms with Crippen molar-refractivity contribution in [1.82, 2.24) is 15.2 Å². The van der Waals surface area contributed by atoms with Crippen LogP contribution in [0.4, 0.5) is 37.7 Å². The minimum atomic E-state index is -5.04. The fourth-order valence-electron chi connectivity index (χ4n) is 5.42. The van der Waals surface area contributed by atoms with Crippen LogP contribution in [-0.2, 0) is 6.18 Å². The predicted molar refractivity (Wildman–Crippen MR) is 156 cm³/mol. The molecule has 1 aliphatic carbocycles. The maximum absolute atomic E-state index is 15.7. The van der Waals surface area contributed by atoms with Gasteiger partial charge in [-0.1, -0.05) is 0 Å². The van der Waals surface area contributed by atoms with Gasteiger partial charge in [0.15, 0.2) is 0 Å². The van der Waals surface area contributed by atoms with E-state index >= 15 is 13.2 Å². The van der Waals surface area contributed by atoms with Crippen LogP contribution in [0.3, 0.4) is 0 Å². The lowest BCUT2D eigenvalue weighted by Crippen LogP contribution is -2.55. The number of likely N-dealkylation sites (N-methyl/N-ethyl adjacent to an activating group) is 1. The number of carbonyl (C=O) groups excluding carboxylic acids is 2. The van der Waals surface area contributed by atoms with Crippen molar-refractivity contribution in [3.8, 4) is 11.1 Å². The fourth-order valence-corrected chi connectivity index (χ4v) is 5.42. The van der Waals surface area contributed by atoms with E-state index in [0.29, 0.717) is 19.3 Å². The van der Waals surface area contributed by atoms with E-state index in [1.165, 1.54) is 0 Å². The van der Waals surface area contributed by atoms with Gasteiger partial charge in [-0.3, -0.25) is 19.3 Å². The van der Waals surface area contributed by atoms with Crippen LogP contribution in [0, 0.1) is 23.4 Å². The Kier molecular flexibility index (Phi) is 8.71. The Hall–Kier alpha value is -4.33. The number of amides is 2. The summed E-state index contributed by atoms with van der Waals surface area (Å²) in [6.07, 6.45) is -2.60. The number of nitrogens with one attached hydrogen (secondary N) is 3. The van der Waals surface area contributed by atoms with Crippen LogP contribution in [-0.4, -0.2) is 60.5 Å². The minimum Gasteiger partial charge on any atom is -0.367 e. The van der Waals surface area contributed by atoms with Crippen LogP contribution in [0.15, 0.2) is 41.3 Å². The molecule has 5 rings (SSSR count). The molecule has 1 aromatic heterocycles. The molecule has 0 spiro atoms. The molecule has 3 N–H and O–H groups in total. The average molecular weight is 636 g/mol. The molecular formula is C31H31F6N5O3. The van der Waals surface area contributed by atoms with Crippen LogP contribution >= 0.6 is 0 Å². The van der Waals surface area contributed by atoms with E-state index in [1.54, 1.807) is 4.90 Å². The smallest absolute Gasteiger partial charge is 0.367 e. The summed E-state index contributed by atoms with van der Waals surface area (Å²) >= 11 is 0. The molecule has 14 heteroatoms. The molecular weight excluding hydrogens is 604 g/mol. The largest absolute Gasteiger partial charge is 0.417 e. The number of alkyl halides is 3. The van der Waals surface area contributed by atoms with Gasteiger partial charge in [0.05, 0.1) is 22.5 Å². The highest BCUT2D eigenvalue weighted by Gasteiger charge is 2.36. The first kappa shape index (κ1) is 32.1. The van der Waals surface area contributed by atoms with Crippen molar-refractivity contribution in [2.75, 3.05) is 36.9 Å². The van der Waals surface area contributed by atoms with E-state index in [1.807, 2.05) is 20.9 Å². The Bertz CT molecular complexity index is 1670. The lowest BCUT2D eigenvalue weighted by Gasteiger charge is -2.44. The molecule has 3 aromatic rings. The Morgan fingerprint density at radius 1 is 0.933 bits per heavy atom. The summed E-state index contributed by atoms with van der Waals surface area (Å²) < 4.78 is 87.1. The van der Waals surface area contributed by atoms with Gasteiger partial charge in [0.2, 0.25) is 5.56 Å². The number of anilines is 2. The molecule has 0 bridgehead atoms. The monoisotopic (exact) mass is 635 g/mol. The van der Waals surface area contributed by atoms with Crippen LogP contribution in [0.2, 0.25) is 0 Å². The summed E-state index contributed by atoms with van der Waals surface area (Å²) in [5.41, 5.74) is -4.95. The number of hydrogen-bond acceptors (Lipinski definition) is 5. The van der Waals surface area contributed by atoms with E-state index in [-0.39, 0.29) is 53.1 Å². The highest BCUT2D eigenvalue weighted by molar-refractivity contribution is 6.07. The maximum Gasteiger partial charge on any atom is 0.417 e. The lowest BCUT2D eigenvalue weighted by atomic mass is 9.99. The molecule has 1 saturated carbocycles. The van der Waals surface area contributed by atoms with E-state index in [4.69, 9.17) is 0 Å². The molecule has 2 amide bonds. The quantitative estimate of drug-likeness (QED) is 0.303. The lowest BCUT2D eigenvalue weighted by molar-refractivity contribution is -0.138. The molecule has 1 saturated heterocycles. The summed E-state index contributed by atoms with van der Waals surface area (Å²) in [7, 11) is 1.91. The number of rotatable bonds is 7. The number of carbonyl (C=O) groups is 2. The fraction of sp³-hybridized carbons (Fsp3) is 0.387. The molecule has 45 heavy (non-hydrogen) atoms. The van der Waals surface area contributed by atoms with Gasteiger partial charge in [-0.2, -0.15) is 13.2 Å². The highest BCUT2D eigenvalue weighted by atomic mass is 19.4. The molecule has 2 atom stereocenters. The second-order valence-corrected chi connectivity index (χ2v) is 11.7. The summed E-state index contributed by atoms with van der Waals surface area (Å²) in [5, 5.41) is 4.87. The number of H-pyrrole nitrogens is 1. The molecule has 1 aliphatic heterocycles. The topological polar surface area (TPSA) is 97.5 Å². The average Bonchev–Trinajstić information content (AvgIpc) is 3.79. The number of aromatic nitrogens is 1. The number of aromatic amines is 1. The van der Waals surface area contributed by atoms with E-state index in [9.17, 15) is 27.6 Å². The van der Waals surface area contributed by atoms with Gasteiger partial charge < -0.3 is 20.5 Å². The summed E-state index contributed by atoms with van der Waals surface area (Å²) in [4.78, 5) is 43.2. The number of pyridine rings is 1. The standard InChI is InChI=1S/C31H31F6N5O3/c1-15-13-42(14-16(2)41(15)3)26-10-22(32)19(18-6-23(33)28(24(34)7-18)30(45)39-11-17-4-5-17)8-25(26)40-29(44)20-12-38-27(43)9-21(20)31(35,36)37/h6-10,12,15-17H,4-5,11,13-14H2,1-3H3,(H,38,43)(H,39,45)(H,40,44)/t15-,16+. The van der Waals surface area contributed by atoms with Crippen molar-refractivity contribution < 1.29 is 35.9 Å². The molecule has 8 nitrogen and oxygen atoms in total. The van der Waals surface area contributed by atoms with Crippen molar-refractivity contribution in [3.63, 3.8) is 0 Å². The first-order valence-electron chi connectivity index (χ1n) is 14.3. The first-order valence-corrected chi connectivity index (χ1v) is 14.3. The van der Waals surface area contributed by atoms with Crippen LogP contribution < -0.4 is 21.1 Å². The summed E-state index contributed by atoms with van der Waals surface area (Å²) in [6.45, 7) is 4.85. The Balaban J connectivity index is 1.57. The third kappa shape index (κ3) is 6.85. The van der Waals surface area contributed by atoms with Crippen LogP contribution in [0.1, 0.15) is 53.0 Å². The molecule has 2 aromatic carbocycles. The van der Waals surface area contributed by atoms with Crippen molar-refractivity contribution in [1.29, 1.82) is 0 Å². The van der Waals surface area contributed by atoms with Crippen molar-refractivity contribution in [2.45, 2.75) is 44.9 Å². The van der Waals surface area contributed by atoms with Gasteiger partial charge >= 0.3 is 6.18 Å². The predicted octanol–water partition coefficient (Wildman–Crippen LogP) is 5.40. The molecule has 2 fully saturated rings. The Morgan fingerprint density at radius 3 is 2.13 bits per heavy atom. The molecule has 2 aliphatic rings. The van der Waals surface area contributed by atoms with Gasteiger partial charge in [-0.15, -0.1) is 0 Å². The molecule has 240 valence electrons. The zero-order valence-electron chi connectivity index (χ0n) is 24.6. The van der Waals surface area contributed by atoms with Gasteiger partial charge in [0.25, 0.3) is 11.8 Å². The highest BCUT2D eigenvalue weighted by Crippen LogP contribution is 2.38. The maximum atomic E-state index is 15.7. The number of piperazine rings is 1. The minimum absolute atomic E-state index is 0.0298.